The number of carbonyl (C=O) groups excluding carboxylic acids is 1. The van der Waals surface area contributed by atoms with Crippen LogP contribution in [0, 0.1) is 0 Å². The maximum Gasteiger partial charge on any atom is 0.160 e. The van der Waals surface area contributed by atoms with Crippen LogP contribution in [0.25, 0.3) is 0 Å². The molecule has 9 heavy (non-hydrogen) atoms. The van der Waals surface area contributed by atoms with Gasteiger partial charge in [0, 0.05) is 13.2 Å². The Morgan fingerprint density at radius 2 is 2.44 bits per heavy atom. The van der Waals surface area contributed by atoms with Gasteiger partial charge in [0.05, 0.1) is 6.61 Å². The van der Waals surface area contributed by atoms with E-state index in [1.807, 2.05) is 0 Å². The van der Waals surface area contributed by atoms with Crippen LogP contribution in [0.15, 0.2) is 17.9 Å². The van der Waals surface area contributed by atoms with Crippen LogP contribution in [0.5, 0.6) is 0 Å². The van der Waals surface area contributed by atoms with E-state index in [2.05, 4.69) is 10.5 Å². The summed E-state index contributed by atoms with van der Waals surface area (Å²) in [5.74, 6) is 0.00218. The van der Waals surface area contributed by atoms with Crippen molar-refractivity contribution in [3.8, 4) is 0 Å². The van der Waals surface area contributed by atoms with Gasteiger partial charge >= 0.3 is 0 Å². The smallest absolute Gasteiger partial charge is 0.160 e. The molecule has 0 bridgehead atoms. The summed E-state index contributed by atoms with van der Waals surface area (Å²) in [4.78, 5) is 10.2. The fourth-order valence-corrected chi connectivity index (χ4v) is 0.308. The van der Waals surface area contributed by atoms with Gasteiger partial charge in [-0.2, -0.15) is 0 Å². The van der Waals surface area contributed by atoms with E-state index in [-0.39, 0.29) is 5.78 Å². The first-order chi connectivity index (χ1) is 4.27. The highest BCUT2D eigenvalue weighted by atomic mass is 16.5. The van der Waals surface area contributed by atoms with Crippen molar-refractivity contribution in [2.75, 3.05) is 13.7 Å². The minimum atomic E-state index is 0.00218. The summed E-state index contributed by atoms with van der Waals surface area (Å²) in [6, 6.07) is 0. The highest BCUT2D eigenvalue weighted by Crippen LogP contribution is 1.71. The van der Waals surface area contributed by atoms with E-state index >= 15 is 0 Å². The molecule has 0 aliphatic carbocycles. The van der Waals surface area contributed by atoms with Crippen LogP contribution >= 0.6 is 0 Å². The second-order valence-corrected chi connectivity index (χ2v) is 1.58. The molecule has 0 aromatic rings. The number of hydrogen-bond acceptors (Lipinski definition) is 2. The molecule has 0 atom stereocenters. The molecular weight excluding hydrogens is 116 g/mol. The van der Waals surface area contributed by atoms with E-state index in [0.29, 0.717) is 6.61 Å². The summed E-state index contributed by atoms with van der Waals surface area (Å²) in [5.41, 5.74) is 2.66. The van der Waals surface area contributed by atoms with E-state index in [4.69, 9.17) is 0 Å². The minimum absolute atomic E-state index is 0.00218. The van der Waals surface area contributed by atoms with Gasteiger partial charge in [0.15, 0.2) is 5.78 Å². The fourth-order valence-electron chi connectivity index (χ4n) is 0.308. The molecule has 0 saturated carbocycles. The topological polar surface area (TPSA) is 26.3 Å². The lowest BCUT2D eigenvalue weighted by Gasteiger charge is -1.80. The zero-order valence-corrected chi connectivity index (χ0v) is 5.68. The van der Waals surface area contributed by atoms with Gasteiger partial charge in [-0.05, 0) is 13.0 Å². The predicted octanol–water partition coefficient (Wildman–Crippen LogP) is 0.933. The van der Waals surface area contributed by atoms with Crippen molar-refractivity contribution in [3.63, 3.8) is 0 Å². The van der Waals surface area contributed by atoms with Crippen LogP contribution < -0.4 is 0 Å². The first kappa shape index (κ1) is 8.15. The molecule has 0 aromatic heterocycles. The second kappa shape index (κ2) is 5.29. The van der Waals surface area contributed by atoms with Gasteiger partial charge in [0.2, 0.25) is 0 Å². The molecule has 0 N–H and O–H groups in total. The van der Waals surface area contributed by atoms with Crippen LogP contribution in [0.2, 0.25) is 0 Å². The SMILES string of the molecule is COCC=C=CC(C)=O. The summed E-state index contributed by atoms with van der Waals surface area (Å²) >= 11 is 0. The number of hydrogen-bond donors (Lipinski definition) is 0. The van der Waals surface area contributed by atoms with Crippen molar-refractivity contribution in [3.05, 3.63) is 17.9 Å². The van der Waals surface area contributed by atoms with Crippen LogP contribution in [0.3, 0.4) is 0 Å². The zero-order valence-electron chi connectivity index (χ0n) is 5.68. The van der Waals surface area contributed by atoms with E-state index in [1.165, 1.54) is 13.0 Å². The Bertz CT molecular complexity index is 141. The molecule has 50 valence electrons. The third-order valence-electron chi connectivity index (χ3n) is 0.654. The molecule has 0 spiro atoms. The lowest BCUT2D eigenvalue weighted by atomic mass is 10.4. The summed E-state index contributed by atoms with van der Waals surface area (Å²) in [7, 11) is 1.59. The van der Waals surface area contributed by atoms with Crippen LogP contribution in [0.4, 0.5) is 0 Å². The predicted molar refractivity (Wildman–Crippen MR) is 35.2 cm³/mol. The molecule has 0 unspecified atom stereocenters. The number of methoxy groups -OCH3 is 1. The van der Waals surface area contributed by atoms with Crippen LogP contribution in [0.1, 0.15) is 6.92 Å². The molecule has 0 aromatic carbocycles. The molecule has 0 heterocycles. The number of rotatable bonds is 3. The fraction of sp³-hybridized carbons (Fsp3) is 0.429. The monoisotopic (exact) mass is 126 g/mol. The number of carbonyl (C=O) groups is 1. The van der Waals surface area contributed by atoms with Gasteiger partial charge in [0.1, 0.15) is 0 Å². The zero-order chi connectivity index (χ0) is 7.11. The number of ketones is 1. The van der Waals surface area contributed by atoms with Crippen LogP contribution in [-0.2, 0) is 9.53 Å². The van der Waals surface area contributed by atoms with E-state index in [1.54, 1.807) is 13.2 Å². The Kier molecular flexibility index (Phi) is 4.79. The maximum atomic E-state index is 10.2. The quantitative estimate of drug-likeness (QED) is 0.415. The van der Waals surface area contributed by atoms with Crippen molar-refractivity contribution in [1.82, 2.24) is 0 Å². The average molecular weight is 126 g/mol. The first-order valence-electron chi connectivity index (χ1n) is 2.68. The Hall–Kier alpha value is -0.850. The lowest BCUT2D eigenvalue weighted by molar-refractivity contribution is -0.112. The molecule has 0 aliphatic rings. The molecule has 2 heteroatoms. The van der Waals surface area contributed by atoms with Gasteiger partial charge in [0.25, 0.3) is 0 Å². The van der Waals surface area contributed by atoms with Crippen molar-refractivity contribution < 1.29 is 9.53 Å². The van der Waals surface area contributed by atoms with E-state index in [0.717, 1.165) is 0 Å². The largest absolute Gasteiger partial charge is 0.380 e. The molecule has 0 radical (unpaired) electrons. The first-order valence-corrected chi connectivity index (χ1v) is 2.68. The Balaban J connectivity index is 3.54. The van der Waals surface area contributed by atoms with Gasteiger partial charge in [-0.3, -0.25) is 4.79 Å². The Morgan fingerprint density at radius 3 is 2.89 bits per heavy atom. The maximum absolute atomic E-state index is 10.2. The summed E-state index contributed by atoms with van der Waals surface area (Å²) < 4.78 is 4.67. The van der Waals surface area contributed by atoms with Crippen molar-refractivity contribution in [2.45, 2.75) is 6.92 Å². The summed E-state index contributed by atoms with van der Waals surface area (Å²) in [6.07, 6.45) is 3.03. The van der Waals surface area contributed by atoms with Gasteiger partial charge < -0.3 is 4.74 Å². The minimum Gasteiger partial charge on any atom is -0.380 e. The third kappa shape index (κ3) is 7.15. The molecule has 0 aliphatic heterocycles. The summed E-state index contributed by atoms with van der Waals surface area (Å²) in [6.45, 7) is 1.98. The van der Waals surface area contributed by atoms with E-state index in [9.17, 15) is 4.79 Å². The van der Waals surface area contributed by atoms with Crippen molar-refractivity contribution in [1.29, 1.82) is 0 Å². The van der Waals surface area contributed by atoms with Crippen molar-refractivity contribution >= 4 is 5.78 Å². The molecular formula is C7H10O2. The van der Waals surface area contributed by atoms with Crippen molar-refractivity contribution in [2.24, 2.45) is 0 Å². The lowest BCUT2D eigenvalue weighted by Crippen LogP contribution is -1.80. The van der Waals surface area contributed by atoms with E-state index < -0.39 is 0 Å². The van der Waals surface area contributed by atoms with Crippen LogP contribution in [-0.4, -0.2) is 19.5 Å². The average Bonchev–Trinajstić information content (AvgIpc) is 1.80. The molecule has 2 nitrogen and oxygen atoms in total. The second-order valence-electron chi connectivity index (χ2n) is 1.58. The third-order valence-corrected chi connectivity index (χ3v) is 0.654. The number of ether oxygens (including phenoxy) is 1. The molecule has 0 saturated heterocycles. The molecule has 0 fully saturated rings. The van der Waals surface area contributed by atoms with Gasteiger partial charge in [-0.25, -0.2) is 0 Å². The Labute approximate surface area is 54.8 Å². The molecule has 0 rings (SSSR count). The highest BCUT2D eigenvalue weighted by Gasteiger charge is 1.75. The summed E-state index contributed by atoms with van der Waals surface area (Å²) in [5, 5.41) is 0. The Morgan fingerprint density at radius 1 is 1.78 bits per heavy atom. The normalized spacial score (nSPS) is 7.78. The highest BCUT2D eigenvalue weighted by molar-refractivity contribution is 5.86. The molecule has 0 amide bonds. The van der Waals surface area contributed by atoms with Gasteiger partial charge in [-0.1, -0.05) is 0 Å². The standard InChI is InChI=1S/C7H10O2/c1-7(8)5-3-4-6-9-2/h4-5H,6H2,1-2H3. The van der Waals surface area contributed by atoms with Gasteiger partial charge in [-0.15, -0.1) is 5.73 Å².